The predicted molar refractivity (Wildman–Crippen MR) is 73.3 cm³/mol. The summed E-state index contributed by atoms with van der Waals surface area (Å²) in [6, 6.07) is 0. The quantitative estimate of drug-likeness (QED) is 0.642. The number of ether oxygens (including phenoxy) is 1. The highest BCUT2D eigenvalue weighted by molar-refractivity contribution is 8.13. The molecule has 1 fully saturated rings. The van der Waals surface area contributed by atoms with E-state index in [0.717, 1.165) is 6.42 Å². The summed E-state index contributed by atoms with van der Waals surface area (Å²) in [7, 11) is 1.34. The van der Waals surface area contributed by atoms with Gasteiger partial charge in [-0.05, 0) is 18.3 Å². The van der Waals surface area contributed by atoms with Crippen LogP contribution in [-0.4, -0.2) is 31.2 Å². The van der Waals surface area contributed by atoms with Crippen molar-refractivity contribution in [2.75, 3.05) is 6.61 Å². The van der Waals surface area contributed by atoms with Crippen LogP contribution in [0.15, 0.2) is 4.90 Å². The summed E-state index contributed by atoms with van der Waals surface area (Å²) in [6.07, 6.45) is 3.13. The molecule has 0 atom stereocenters. The lowest BCUT2D eigenvalue weighted by Gasteiger charge is -2.05. The fraction of sp³-hybridized carbons (Fsp3) is 0.667. The van der Waals surface area contributed by atoms with Crippen LogP contribution in [0.5, 0.6) is 0 Å². The number of halogens is 1. The Hall–Kier alpha value is -1.08. The van der Waals surface area contributed by atoms with Crippen LogP contribution in [0.1, 0.15) is 55.2 Å². The number of aromatic nitrogens is 2. The molecule has 1 aliphatic rings. The monoisotopic (exact) mass is 320 g/mol. The molecule has 1 aromatic heterocycles. The molecule has 0 unspecified atom stereocenters. The van der Waals surface area contributed by atoms with Crippen LogP contribution in [0.4, 0.5) is 0 Å². The Morgan fingerprint density at radius 2 is 2.15 bits per heavy atom. The van der Waals surface area contributed by atoms with Gasteiger partial charge in [-0.3, -0.25) is 5.10 Å². The van der Waals surface area contributed by atoms with Gasteiger partial charge in [0.25, 0.3) is 9.05 Å². The van der Waals surface area contributed by atoms with E-state index in [2.05, 4.69) is 10.2 Å². The van der Waals surface area contributed by atoms with Crippen LogP contribution in [0.3, 0.4) is 0 Å². The van der Waals surface area contributed by atoms with E-state index in [1.807, 2.05) is 0 Å². The Labute approximate surface area is 122 Å². The molecule has 112 valence electrons. The lowest BCUT2D eigenvalue weighted by Crippen LogP contribution is -2.11. The second-order valence-electron chi connectivity index (χ2n) is 5.28. The molecule has 1 aromatic rings. The molecule has 0 radical (unpaired) electrons. The van der Waals surface area contributed by atoms with Crippen molar-refractivity contribution in [2.24, 2.45) is 5.92 Å². The fourth-order valence-electron chi connectivity index (χ4n) is 1.91. The van der Waals surface area contributed by atoms with E-state index < -0.39 is 15.0 Å². The lowest BCUT2D eigenvalue weighted by molar-refractivity contribution is 0.0483. The summed E-state index contributed by atoms with van der Waals surface area (Å²) in [6.45, 7) is 3.83. The Kier molecular flexibility index (Phi) is 4.39. The Morgan fingerprint density at radius 3 is 2.65 bits per heavy atom. The highest BCUT2D eigenvalue weighted by Gasteiger charge is 2.31. The molecule has 0 spiro atoms. The van der Waals surface area contributed by atoms with Crippen molar-refractivity contribution in [3.05, 3.63) is 11.4 Å². The minimum atomic E-state index is -4.06. The first-order chi connectivity index (χ1) is 9.30. The number of hydrogen-bond acceptors (Lipinski definition) is 5. The average Bonchev–Trinajstić information content (AvgIpc) is 3.02. The minimum Gasteiger partial charge on any atom is -0.461 e. The number of nitrogens with one attached hydrogen (secondary N) is 1. The van der Waals surface area contributed by atoms with Crippen LogP contribution in [0.2, 0.25) is 0 Å². The molecular weight excluding hydrogens is 304 g/mol. The SMILES string of the molecule is CC(C)c1[nH]nc(C(=O)OCCC2CC2)c1S(=O)(=O)Cl. The molecule has 0 aromatic carbocycles. The maximum atomic E-state index is 11.9. The van der Waals surface area contributed by atoms with Gasteiger partial charge < -0.3 is 4.74 Å². The summed E-state index contributed by atoms with van der Waals surface area (Å²) in [4.78, 5) is 11.6. The summed E-state index contributed by atoms with van der Waals surface area (Å²) in [5.41, 5.74) is 0.0497. The Balaban J connectivity index is 2.19. The van der Waals surface area contributed by atoms with Crippen molar-refractivity contribution in [3.63, 3.8) is 0 Å². The summed E-state index contributed by atoms with van der Waals surface area (Å²) >= 11 is 0. The first-order valence-corrected chi connectivity index (χ1v) is 8.81. The zero-order valence-electron chi connectivity index (χ0n) is 11.3. The van der Waals surface area contributed by atoms with Crippen molar-refractivity contribution in [1.82, 2.24) is 10.2 Å². The smallest absolute Gasteiger partial charge is 0.360 e. The van der Waals surface area contributed by atoms with E-state index in [9.17, 15) is 13.2 Å². The zero-order chi connectivity index (χ0) is 14.9. The van der Waals surface area contributed by atoms with Gasteiger partial charge in [0, 0.05) is 10.7 Å². The van der Waals surface area contributed by atoms with Gasteiger partial charge in [-0.1, -0.05) is 26.7 Å². The third kappa shape index (κ3) is 3.52. The zero-order valence-corrected chi connectivity index (χ0v) is 12.9. The van der Waals surface area contributed by atoms with E-state index in [1.165, 1.54) is 12.8 Å². The van der Waals surface area contributed by atoms with Gasteiger partial charge in [0.2, 0.25) is 0 Å². The third-order valence-electron chi connectivity index (χ3n) is 3.22. The molecular formula is C12H17ClN2O4S. The second-order valence-corrected chi connectivity index (χ2v) is 7.78. The van der Waals surface area contributed by atoms with E-state index in [4.69, 9.17) is 15.4 Å². The second kappa shape index (κ2) is 5.73. The summed E-state index contributed by atoms with van der Waals surface area (Å²) in [5.74, 6) is -0.281. The van der Waals surface area contributed by atoms with Crippen molar-refractivity contribution in [3.8, 4) is 0 Å². The highest BCUT2D eigenvalue weighted by Crippen LogP contribution is 2.32. The molecule has 0 amide bonds. The van der Waals surface area contributed by atoms with E-state index in [-0.39, 0.29) is 23.1 Å². The molecule has 2 rings (SSSR count). The molecule has 20 heavy (non-hydrogen) atoms. The number of esters is 1. The van der Waals surface area contributed by atoms with Crippen LogP contribution >= 0.6 is 10.7 Å². The van der Waals surface area contributed by atoms with Crippen LogP contribution in [0, 0.1) is 5.92 Å². The van der Waals surface area contributed by atoms with Gasteiger partial charge in [-0.25, -0.2) is 13.2 Å². The number of hydrogen-bond donors (Lipinski definition) is 1. The van der Waals surface area contributed by atoms with Gasteiger partial charge in [0.1, 0.15) is 4.90 Å². The van der Waals surface area contributed by atoms with E-state index >= 15 is 0 Å². The highest BCUT2D eigenvalue weighted by atomic mass is 35.7. The topological polar surface area (TPSA) is 89.1 Å². The van der Waals surface area contributed by atoms with Gasteiger partial charge in [-0.2, -0.15) is 5.10 Å². The number of rotatable bonds is 6. The standard InChI is InChI=1S/C12H17ClN2O4S/c1-7(2)9-11(20(13,17)18)10(15-14-9)12(16)19-6-5-8-3-4-8/h7-8H,3-6H2,1-2H3,(H,14,15). The third-order valence-corrected chi connectivity index (χ3v) is 4.58. The van der Waals surface area contributed by atoms with Crippen molar-refractivity contribution >= 4 is 25.7 Å². The van der Waals surface area contributed by atoms with Gasteiger partial charge in [0.05, 0.1) is 12.3 Å². The maximum Gasteiger partial charge on any atom is 0.360 e. The molecule has 0 bridgehead atoms. The molecule has 6 nitrogen and oxygen atoms in total. The number of carbonyl (C=O) groups is 1. The summed E-state index contributed by atoms with van der Waals surface area (Å²) < 4.78 is 28.3. The van der Waals surface area contributed by atoms with Gasteiger partial charge >= 0.3 is 5.97 Å². The van der Waals surface area contributed by atoms with Crippen LogP contribution < -0.4 is 0 Å². The van der Waals surface area contributed by atoms with Gasteiger partial charge in [-0.15, -0.1) is 0 Å². The number of aromatic amines is 1. The normalized spacial score (nSPS) is 15.6. The predicted octanol–water partition coefficient (Wildman–Crippen LogP) is 2.42. The number of carbonyl (C=O) groups excluding carboxylic acids is 1. The van der Waals surface area contributed by atoms with E-state index in [1.54, 1.807) is 13.8 Å². The molecule has 1 aliphatic carbocycles. The Morgan fingerprint density at radius 1 is 1.50 bits per heavy atom. The molecule has 1 heterocycles. The lowest BCUT2D eigenvalue weighted by atomic mass is 10.1. The van der Waals surface area contributed by atoms with Crippen LogP contribution in [-0.2, 0) is 13.8 Å². The molecule has 8 heteroatoms. The molecule has 0 aliphatic heterocycles. The first kappa shape index (κ1) is 15.3. The average molecular weight is 321 g/mol. The van der Waals surface area contributed by atoms with Crippen molar-refractivity contribution in [1.29, 1.82) is 0 Å². The Bertz CT molecular complexity index is 605. The van der Waals surface area contributed by atoms with Gasteiger partial charge in [0.15, 0.2) is 5.69 Å². The summed E-state index contributed by atoms with van der Waals surface area (Å²) in [5, 5.41) is 6.31. The largest absolute Gasteiger partial charge is 0.461 e. The minimum absolute atomic E-state index is 0.154. The first-order valence-electron chi connectivity index (χ1n) is 6.50. The van der Waals surface area contributed by atoms with Crippen LogP contribution in [0.25, 0.3) is 0 Å². The van der Waals surface area contributed by atoms with Crippen molar-refractivity contribution < 1.29 is 17.9 Å². The number of H-pyrrole nitrogens is 1. The molecule has 0 saturated heterocycles. The maximum absolute atomic E-state index is 11.9. The van der Waals surface area contributed by atoms with Crippen molar-refractivity contribution in [2.45, 2.75) is 43.9 Å². The van der Waals surface area contributed by atoms with E-state index in [0.29, 0.717) is 11.6 Å². The molecule has 1 saturated carbocycles. The fourth-order valence-corrected chi connectivity index (χ4v) is 3.29. The number of nitrogens with zero attached hydrogens (tertiary/aromatic N) is 1. The molecule has 1 N–H and O–H groups in total.